The summed E-state index contributed by atoms with van der Waals surface area (Å²) in [6.07, 6.45) is -3.30. The lowest BCUT2D eigenvalue weighted by Crippen LogP contribution is -2.36. The smallest absolute Gasteiger partial charge is 0.417 e. The summed E-state index contributed by atoms with van der Waals surface area (Å²) in [6, 6.07) is 14.7. The van der Waals surface area contributed by atoms with Crippen LogP contribution >= 0.6 is 34.4 Å². The summed E-state index contributed by atoms with van der Waals surface area (Å²) in [6.45, 7) is -0.476. The van der Waals surface area contributed by atoms with E-state index in [1.807, 2.05) is 0 Å². The van der Waals surface area contributed by atoms with E-state index in [2.05, 4.69) is 27.9 Å². The maximum atomic E-state index is 13.3. The molecule has 0 radical (unpaired) electrons. The van der Waals surface area contributed by atoms with Crippen molar-refractivity contribution in [3.8, 4) is 11.3 Å². The van der Waals surface area contributed by atoms with Crippen LogP contribution in [0.25, 0.3) is 17.4 Å². The molecule has 1 aliphatic heterocycles. The number of anilines is 1. The highest BCUT2D eigenvalue weighted by molar-refractivity contribution is 14.1. The molecule has 1 saturated heterocycles. The second kappa shape index (κ2) is 9.66. The summed E-state index contributed by atoms with van der Waals surface area (Å²) in [5, 5.41) is 1.98. The average molecular weight is 598 g/mol. The SMILES string of the molecule is O=C(CN1C(=O)S/C(=C/c2ccc(-c3ccccc3C(F)(F)F)o2)C1=O)Nc1ccc(I)cc1. The Hall–Kier alpha value is -3.06. The normalized spacial score (nSPS) is 15.3. The summed E-state index contributed by atoms with van der Waals surface area (Å²) < 4.78 is 46.3. The molecule has 3 amide bonds. The molecule has 6 nitrogen and oxygen atoms in total. The van der Waals surface area contributed by atoms with Crippen molar-refractivity contribution in [2.24, 2.45) is 0 Å². The highest BCUT2D eigenvalue weighted by Crippen LogP contribution is 2.38. The van der Waals surface area contributed by atoms with Crippen LogP contribution in [-0.4, -0.2) is 28.5 Å². The summed E-state index contributed by atoms with van der Waals surface area (Å²) in [4.78, 5) is 38.0. The van der Waals surface area contributed by atoms with Crippen LogP contribution in [0.4, 0.5) is 23.7 Å². The molecule has 1 fully saturated rings. The number of carbonyl (C=O) groups is 3. The number of halogens is 4. The van der Waals surface area contributed by atoms with Gasteiger partial charge in [0.1, 0.15) is 18.1 Å². The molecule has 1 aliphatic rings. The summed E-state index contributed by atoms with van der Waals surface area (Å²) in [7, 11) is 0. The van der Waals surface area contributed by atoms with Crippen LogP contribution < -0.4 is 5.32 Å². The van der Waals surface area contributed by atoms with Crippen LogP contribution in [0.3, 0.4) is 0 Å². The molecular formula is C23H14F3IN2O4S. The van der Waals surface area contributed by atoms with Crippen LogP contribution in [-0.2, 0) is 15.8 Å². The first-order valence-corrected chi connectivity index (χ1v) is 11.6. The Bertz CT molecular complexity index is 1300. The van der Waals surface area contributed by atoms with Crippen LogP contribution in [0.2, 0.25) is 0 Å². The van der Waals surface area contributed by atoms with E-state index in [9.17, 15) is 27.6 Å². The Morgan fingerprint density at radius 2 is 1.76 bits per heavy atom. The molecule has 0 bridgehead atoms. The van der Waals surface area contributed by atoms with Gasteiger partial charge in [0.25, 0.3) is 11.1 Å². The third kappa shape index (κ3) is 5.36. The fourth-order valence-electron chi connectivity index (χ4n) is 3.16. The molecule has 0 aliphatic carbocycles. The number of hydrogen-bond donors (Lipinski definition) is 1. The van der Waals surface area contributed by atoms with Gasteiger partial charge in [-0.25, -0.2) is 0 Å². The predicted octanol–water partition coefficient (Wildman–Crippen LogP) is 6.25. The van der Waals surface area contributed by atoms with Crippen molar-refractivity contribution in [1.29, 1.82) is 0 Å². The van der Waals surface area contributed by atoms with Gasteiger partial charge in [0.15, 0.2) is 0 Å². The fraction of sp³-hybridized carbons (Fsp3) is 0.0870. The number of rotatable bonds is 5. The molecule has 2 aromatic carbocycles. The molecular weight excluding hydrogens is 584 g/mol. The Balaban J connectivity index is 1.48. The predicted molar refractivity (Wildman–Crippen MR) is 130 cm³/mol. The zero-order valence-electron chi connectivity index (χ0n) is 17.1. The summed E-state index contributed by atoms with van der Waals surface area (Å²) in [5.74, 6) is -1.17. The molecule has 0 atom stereocenters. The van der Waals surface area contributed by atoms with Gasteiger partial charge >= 0.3 is 6.18 Å². The number of benzene rings is 2. The van der Waals surface area contributed by atoms with Crippen LogP contribution in [0, 0.1) is 3.57 Å². The third-order valence-corrected chi connectivity index (χ3v) is 6.33. The van der Waals surface area contributed by atoms with Crippen molar-refractivity contribution in [3.63, 3.8) is 0 Å². The number of nitrogens with one attached hydrogen (secondary N) is 1. The van der Waals surface area contributed by atoms with E-state index in [4.69, 9.17) is 4.42 Å². The van der Waals surface area contributed by atoms with Gasteiger partial charge < -0.3 is 9.73 Å². The quantitative estimate of drug-likeness (QED) is 0.278. The van der Waals surface area contributed by atoms with Gasteiger partial charge in [0.05, 0.1) is 10.5 Å². The number of furan rings is 1. The molecule has 34 heavy (non-hydrogen) atoms. The topological polar surface area (TPSA) is 79.6 Å². The largest absolute Gasteiger partial charge is 0.457 e. The molecule has 0 spiro atoms. The summed E-state index contributed by atoms with van der Waals surface area (Å²) >= 11 is 2.74. The maximum absolute atomic E-state index is 13.3. The van der Waals surface area contributed by atoms with Crippen molar-refractivity contribution in [2.45, 2.75) is 6.18 Å². The minimum absolute atomic E-state index is 0.00271. The molecule has 11 heteroatoms. The lowest BCUT2D eigenvalue weighted by Gasteiger charge is -2.12. The van der Waals surface area contributed by atoms with E-state index in [0.717, 1.165) is 14.5 Å². The van der Waals surface area contributed by atoms with E-state index < -0.39 is 35.3 Å². The minimum Gasteiger partial charge on any atom is -0.457 e. The summed E-state index contributed by atoms with van der Waals surface area (Å²) in [5.41, 5.74) is -0.472. The first kappa shape index (κ1) is 24.1. The Morgan fingerprint density at radius 3 is 2.47 bits per heavy atom. The molecule has 4 rings (SSSR count). The molecule has 2 heterocycles. The highest BCUT2D eigenvalue weighted by Gasteiger charge is 2.37. The van der Waals surface area contributed by atoms with Gasteiger partial charge in [0, 0.05) is 20.9 Å². The second-order valence-electron chi connectivity index (χ2n) is 7.07. The van der Waals surface area contributed by atoms with Gasteiger partial charge in [-0.2, -0.15) is 13.2 Å². The number of hydrogen-bond acceptors (Lipinski definition) is 5. The van der Waals surface area contributed by atoms with E-state index in [0.29, 0.717) is 17.4 Å². The van der Waals surface area contributed by atoms with Gasteiger partial charge in [-0.3, -0.25) is 19.3 Å². The van der Waals surface area contributed by atoms with Crippen molar-refractivity contribution in [1.82, 2.24) is 4.90 Å². The first-order valence-electron chi connectivity index (χ1n) is 9.69. The molecule has 3 aromatic rings. The molecule has 1 aromatic heterocycles. The van der Waals surface area contributed by atoms with Gasteiger partial charge in [-0.1, -0.05) is 18.2 Å². The molecule has 174 valence electrons. The monoisotopic (exact) mass is 598 g/mol. The Labute approximate surface area is 209 Å². The Morgan fingerprint density at radius 1 is 1.06 bits per heavy atom. The van der Waals surface area contributed by atoms with Crippen LogP contribution in [0.15, 0.2) is 70.0 Å². The number of alkyl halides is 3. The lowest BCUT2D eigenvalue weighted by molar-refractivity contribution is -0.137. The van der Waals surface area contributed by atoms with Crippen LogP contribution in [0.5, 0.6) is 0 Å². The fourth-order valence-corrected chi connectivity index (χ4v) is 4.34. The minimum atomic E-state index is -4.56. The van der Waals surface area contributed by atoms with Gasteiger partial charge in [-0.15, -0.1) is 0 Å². The number of carbonyl (C=O) groups excluding carboxylic acids is 3. The van der Waals surface area contributed by atoms with Gasteiger partial charge in [0.2, 0.25) is 5.91 Å². The lowest BCUT2D eigenvalue weighted by atomic mass is 10.1. The molecule has 1 N–H and O–H groups in total. The number of thioether (sulfide) groups is 1. The number of nitrogens with zero attached hydrogens (tertiary/aromatic N) is 1. The zero-order chi connectivity index (χ0) is 24.5. The van der Waals surface area contributed by atoms with Gasteiger partial charge in [-0.05, 0) is 76.8 Å². The highest BCUT2D eigenvalue weighted by atomic mass is 127. The maximum Gasteiger partial charge on any atom is 0.417 e. The van der Waals surface area contributed by atoms with Crippen molar-refractivity contribution < 1.29 is 32.0 Å². The van der Waals surface area contributed by atoms with E-state index in [1.165, 1.54) is 36.4 Å². The molecule has 0 saturated carbocycles. The van der Waals surface area contributed by atoms with Crippen LogP contribution in [0.1, 0.15) is 11.3 Å². The van der Waals surface area contributed by atoms with E-state index >= 15 is 0 Å². The van der Waals surface area contributed by atoms with E-state index in [-0.39, 0.29) is 22.0 Å². The van der Waals surface area contributed by atoms with E-state index in [1.54, 1.807) is 24.3 Å². The number of amides is 3. The third-order valence-electron chi connectivity index (χ3n) is 4.70. The zero-order valence-corrected chi connectivity index (χ0v) is 20.0. The average Bonchev–Trinajstić information content (AvgIpc) is 3.35. The Kier molecular flexibility index (Phi) is 6.84. The standard InChI is InChI=1S/C23H14F3IN2O4S/c24-23(25,26)17-4-2-1-3-16(17)18-10-9-15(33-18)11-19-21(31)29(22(32)34-19)12-20(30)28-14-7-5-13(27)6-8-14/h1-11H,12H2,(H,28,30)/b19-11+. The number of imide groups is 1. The molecule has 0 unspecified atom stereocenters. The first-order chi connectivity index (χ1) is 16.1. The second-order valence-corrected chi connectivity index (χ2v) is 9.31. The van der Waals surface area contributed by atoms with Crippen molar-refractivity contribution in [2.75, 3.05) is 11.9 Å². The van der Waals surface area contributed by atoms with Crippen molar-refractivity contribution >= 4 is 63.2 Å². The van der Waals surface area contributed by atoms with Crippen molar-refractivity contribution in [3.05, 3.63) is 80.5 Å².